The second kappa shape index (κ2) is 5.97. The fourth-order valence-corrected chi connectivity index (χ4v) is 2.84. The van der Waals surface area contributed by atoms with Gasteiger partial charge < -0.3 is 9.72 Å². The summed E-state index contributed by atoms with van der Waals surface area (Å²) in [6.45, 7) is 8.73. The van der Waals surface area contributed by atoms with E-state index < -0.39 is 27.6 Å². The fraction of sp³-hybridized carbons (Fsp3) is 0.615. The number of H-pyrrole nitrogens is 1. The summed E-state index contributed by atoms with van der Waals surface area (Å²) in [5, 5.41) is 0. The van der Waals surface area contributed by atoms with Crippen molar-refractivity contribution >= 4 is 16.0 Å². The molecule has 20 heavy (non-hydrogen) atoms. The zero-order valence-corrected chi connectivity index (χ0v) is 13.2. The van der Waals surface area contributed by atoms with E-state index in [2.05, 4.69) is 9.71 Å². The smallest absolute Gasteiger partial charge is 0.324 e. The molecule has 0 aliphatic rings. The first kappa shape index (κ1) is 16.7. The van der Waals surface area contributed by atoms with E-state index in [0.717, 1.165) is 0 Å². The maximum atomic E-state index is 12.1. The van der Waals surface area contributed by atoms with Gasteiger partial charge in [0.15, 0.2) is 0 Å². The maximum absolute atomic E-state index is 12.1. The molecule has 0 aliphatic carbocycles. The van der Waals surface area contributed by atoms with Gasteiger partial charge in [-0.3, -0.25) is 4.79 Å². The van der Waals surface area contributed by atoms with Crippen LogP contribution >= 0.6 is 0 Å². The average molecular weight is 302 g/mol. The van der Waals surface area contributed by atoms with Crippen molar-refractivity contribution in [2.45, 2.75) is 51.2 Å². The molecule has 2 N–H and O–H groups in total. The topological polar surface area (TPSA) is 88.3 Å². The number of aromatic nitrogens is 1. The normalized spacial score (nSPS) is 14.3. The molecule has 1 atom stereocenters. The molecule has 7 heteroatoms. The van der Waals surface area contributed by atoms with Crippen molar-refractivity contribution in [1.29, 1.82) is 0 Å². The Hall–Kier alpha value is -1.34. The van der Waals surface area contributed by atoms with Crippen LogP contribution in [0.4, 0.5) is 0 Å². The molecule has 0 spiro atoms. The van der Waals surface area contributed by atoms with Crippen molar-refractivity contribution < 1.29 is 17.9 Å². The summed E-state index contributed by atoms with van der Waals surface area (Å²) in [5.74, 6) is -0.801. The van der Waals surface area contributed by atoms with Crippen molar-refractivity contribution in [3.8, 4) is 0 Å². The number of carbonyl (C=O) groups is 1. The first-order chi connectivity index (χ1) is 9.03. The predicted octanol–water partition coefficient (Wildman–Crippen LogP) is 1.66. The number of hydrogen-bond donors (Lipinski definition) is 2. The van der Waals surface area contributed by atoms with Gasteiger partial charge in [0, 0.05) is 12.4 Å². The fourth-order valence-electron chi connectivity index (χ4n) is 1.53. The first-order valence-electron chi connectivity index (χ1n) is 6.41. The molecule has 0 aliphatic heterocycles. The van der Waals surface area contributed by atoms with Gasteiger partial charge in [0.25, 0.3) is 0 Å². The van der Waals surface area contributed by atoms with Crippen LogP contribution in [-0.4, -0.2) is 31.0 Å². The van der Waals surface area contributed by atoms with Gasteiger partial charge in [-0.1, -0.05) is 13.8 Å². The third kappa shape index (κ3) is 4.64. The van der Waals surface area contributed by atoms with Crippen LogP contribution in [0.2, 0.25) is 0 Å². The van der Waals surface area contributed by atoms with Crippen LogP contribution in [0.25, 0.3) is 0 Å². The van der Waals surface area contributed by atoms with Crippen LogP contribution in [0.5, 0.6) is 0 Å². The molecule has 6 nitrogen and oxygen atoms in total. The van der Waals surface area contributed by atoms with Gasteiger partial charge in [-0.15, -0.1) is 0 Å². The molecule has 0 unspecified atom stereocenters. The lowest BCUT2D eigenvalue weighted by atomic mass is 10.1. The molecular formula is C13H22N2O4S. The highest BCUT2D eigenvalue weighted by atomic mass is 32.2. The van der Waals surface area contributed by atoms with E-state index >= 15 is 0 Å². The van der Waals surface area contributed by atoms with Crippen LogP contribution < -0.4 is 4.72 Å². The molecule has 0 saturated carbocycles. The second-order valence-electron chi connectivity index (χ2n) is 5.92. The monoisotopic (exact) mass is 302 g/mol. The van der Waals surface area contributed by atoms with Gasteiger partial charge in [0.05, 0.1) is 4.90 Å². The molecule has 1 heterocycles. The highest BCUT2D eigenvalue weighted by molar-refractivity contribution is 7.89. The Balaban J connectivity index is 2.91. The Kier molecular flexibility index (Phi) is 4.99. The standard InChI is InChI=1S/C13H22N2O4S/c1-9(2)11(12(16)19-13(3,4)5)15-20(17,18)10-6-7-14-8-10/h6-9,11,14-15H,1-5H3/t11-/m0/s1. The molecule has 0 aromatic carbocycles. The zero-order chi connectivity index (χ0) is 15.6. The van der Waals surface area contributed by atoms with Gasteiger partial charge in [0.2, 0.25) is 10.0 Å². The van der Waals surface area contributed by atoms with Crippen molar-refractivity contribution in [1.82, 2.24) is 9.71 Å². The predicted molar refractivity (Wildman–Crippen MR) is 75.6 cm³/mol. The number of nitrogens with one attached hydrogen (secondary N) is 2. The number of rotatable bonds is 5. The number of aromatic amines is 1. The summed E-state index contributed by atoms with van der Waals surface area (Å²) in [4.78, 5) is 14.9. The third-order valence-corrected chi connectivity index (χ3v) is 3.93. The van der Waals surface area contributed by atoms with Crippen molar-refractivity contribution in [3.63, 3.8) is 0 Å². The second-order valence-corrected chi connectivity index (χ2v) is 7.64. The lowest BCUT2D eigenvalue weighted by molar-refractivity contribution is -0.158. The number of esters is 1. The van der Waals surface area contributed by atoms with Crippen LogP contribution in [0, 0.1) is 5.92 Å². The largest absolute Gasteiger partial charge is 0.459 e. The summed E-state index contributed by atoms with van der Waals surface area (Å²) in [6.07, 6.45) is 2.86. The quantitative estimate of drug-likeness (QED) is 0.810. The molecular weight excluding hydrogens is 280 g/mol. The summed E-state index contributed by atoms with van der Waals surface area (Å²) in [6, 6.07) is 0.503. The summed E-state index contributed by atoms with van der Waals surface area (Å²) in [7, 11) is -3.74. The van der Waals surface area contributed by atoms with Crippen LogP contribution in [-0.2, 0) is 19.6 Å². The average Bonchev–Trinajstić information content (AvgIpc) is 2.76. The summed E-state index contributed by atoms with van der Waals surface area (Å²) >= 11 is 0. The van der Waals surface area contributed by atoms with Crippen molar-refractivity contribution in [2.75, 3.05) is 0 Å². The zero-order valence-electron chi connectivity index (χ0n) is 12.4. The molecule has 1 aromatic rings. The third-order valence-electron chi connectivity index (χ3n) is 2.49. The van der Waals surface area contributed by atoms with Gasteiger partial charge in [-0.2, -0.15) is 4.72 Å². The highest BCUT2D eigenvalue weighted by Gasteiger charge is 2.32. The lowest BCUT2D eigenvalue weighted by Gasteiger charge is -2.26. The maximum Gasteiger partial charge on any atom is 0.324 e. The van der Waals surface area contributed by atoms with E-state index in [4.69, 9.17) is 4.74 Å². The van der Waals surface area contributed by atoms with E-state index in [-0.39, 0.29) is 10.8 Å². The Morgan fingerprint density at radius 1 is 1.35 bits per heavy atom. The van der Waals surface area contributed by atoms with Crippen molar-refractivity contribution in [2.24, 2.45) is 5.92 Å². The minimum atomic E-state index is -3.74. The van der Waals surface area contributed by atoms with Crippen LogP contribution in [0.1, 0.15) is 34.6 Å². The molecule has 0 saturated heterocycles. The molecule has 0 fully saturated rings. The van der Waals surface area contributed by atoms with Gasteiger partial charge in [-0.25, -0.2) is 8.42 Å². The van der Waals surface area contributed by atoms with E-state index in [1.807, 2.05) is 0 Å². The Morgan fingerprint density at radius 3 is 2.35 bits per heavy atom. The Morgan fingerprint density at radius 2 is 1.95 bits per heavy atom. The number of ether oxygens (including phenoxy) is 1. The van der Waals surface area contributed by atoms with Crippen LogP contribution in [0.3, 0.4) is 0 Å². The summed E-state index contributed by atoms with van der Waals surface area (Å²) < 4.78 is 31.9. The molecule has 0 radical (unpaired) electrons. The van der Waals surface area contributed by atoms with Gasteiger partial charge in [0.1, 0.15) is 11.6 Å². The minimum Gasteiger partial charge on any atom is -0.459 e. The molecule has 1 rings (SSSR count). The number of carbonyl (C=O) groups excluding carboxylic acids is 1. The van der Waals surface area contributed by atoms with Crippen molar-refractivity contribution in [3.05, 3.63) is 18.5 Å². The van der Waals surface area contributed by atoms with Crippen LogP contribution in [0.15, 0.2) is 23.4 Å². The molecule has 114 valence electrons. The number of hydrogen-bond acceptors (Lipinski definition) is 4. The van der Waals surface area contributed by atoms with E-state index in [1.54, 1.807) is 34.6 Å². The highest BCUT2D eigenvalue weighted by Crippen LogP contribution is 2.15. The number of sulfonamides is 1. The molecule has 0 bridgehead atoms. The minimum absolute atomic E-state index is 0.0895. The van der Waals surface area contributed by atoms with Gasteiger partial charge >= 0.3 is 5.97 Å². The Bertz CT molecular complexity index is 541. The van der Waals surface area contributed by atoms with Gasteiger partial charge in [-0.05, 0) is 32.8 Å². The van der Waals surface area contributed by atoms with E-state index in [9.17, 15) is 13.2 Å². The first-order valence-corrected chi connectivity index (χ1v) is 7.89. The lowest BCUT2D eigenvalue weighted by Crippen LogP contribution is -2.47. The SMILES string of the molecule is CC(C)[C@H](NS(=O)(=O)c1cc[nH]c1)C(=O)OC(C)(C)C. The summed E-state index contributed by atoms with van der Waals surface area (Å²) in [5.41, 5.74) is -0.663. The van der Waals surface area contributed by atoms with E-state index in [1.165, 1.54) is 18.5 Å². The molecule has 1 aromatic heterocycles. The van der Waals surface area contributed by atoms with E-state index in [0.29, 0.717) is 0 Å². The molecule has 0 amide bonds. The Labute approximate surface area is 120 Å².